The molecule has 0 fully saturated rings. The molecular formula is C17H17ClN2O3. The van der Waals surface area contributed by atoms with Crippen molar-refractivity contribution < 1.29 is 14.3 Å². The largest absolute Gasteiger partial charge is 0.486 e. The van der Waals surface area contributed by atoms with Crippen LogP contribution in [0.1, 0.15) is 18.5 Å². The zero-order chi connectivity index (χ0) is 16.2. The van der Waals surface area contributed by atoms with Crippen LogP contribution >= 0.6 is 11.6 Å². The summed E-state index contributed by atoms with van der Waals surface area (Å²) in [5.41, 5.74) is 1.50. The smallest absolute Gasteiger partial charge is 0.319 e. The van der Waals surface area contributed by atoms with E-state index in [4.69, 9.17) is 21.1 Å². The Kier molecular flexibility index (Phi) is 4.57. The maximum Gasteiger partial charge on any atom is 0.319 e. The SMILES string of the molecule is CC(NC(=O)Nc1ccccc1Cl)c1ccc2c(c1)OCCO2. The Labute approximate surface area is 139 Å². The van der Waals surface area contributed by atoms with E-state index in [1.54, 1.807) is 12.1 Å². The Bertz CT molecular complexity index is 721. The predicted molar refractivity (Wildman–Crippen MR) is 89.5 cm³/mol. The topological polar surface area (TPSA) is 59.6 Å². The molecule has 23 heavy (non-hydrogen) atoms. The third-order valence-electron chi connectivity index (χ3n) is 3.54. The molecule has 0 bridgehead atoms. The number of urea groups is 1. The van der Waals surface area contributed by atoms with Crippen LogP contribution in [0.2, 0.25) is 5.02 Å². The standard InChI is InChI=1S/C17H17ClN2O3/c1-11(12-6-7-15-16(10-12)23-9-8-22-15)19-17(21)20-14-5-3-2-4-13(14)18/h2-7,10-11H,8-9H2,1H3,(H2,19,20,21). The Morgan fingerprint density at radius 3 is 2.65 bits per heavy atom. The van der Waals surface area contributed by atoms with E-state index in [1.165, 1.54) is 0 Å². The lowest BCUT2D eigenvalue weighted by molar-refractivity contribution is 0.171. The summed E-state index contributed by atoms with van der Waals surface area (Å²) in [6.45, 7) is 2.99. The molecule has 1 atom stereocenters. The molecule has 0 aliphatic carbocycles. The van der Waals surface area contributed by atoms with Crippen molar-refractivity contribution in [3.63, 3.8) is 0 Å². The lowest BCUT2D eigenvalue weighted by Crippen LogP contribution is -2.31. The van der Waals surface area contributed by atoms with Crippen LogP contribution < -0.4 is 20.1 Å². The normalized spacial score (nSPS) is 14.0. The van der Waals surface area contributed by atoms with Gasteiger partial charge < -0.3 is 20.1 Å². The molecule has 0 aromatic heterocycles. The quantitative estimate of drug-likeness (QED) is 0.893. The van der Waals surface area contributed by atoms with E-state index in [0.717, 1.165) is 11.3 Å². The molecule has 120 valence electrons. The maximum absolute atomic E-state index is 12.1. The number of fused-ring (bicyclic) bond motifs is 1. The summed E-state index contributed by atoms with van der Waals surface area (Å²) in [7, 11) is 0. The number of carbonyl (C=O) groups excluding carboxylic acids is 1. The molecule has 2 aromatic carbocycles. The average Bonchev–Trinajstić information content (AvgIpc) is 2.56. The Hall–Kier alpha value is -2.40. The van der Waals surface area contributed by atoms with Gasteiger partial charge in [0.15, 0.2) is 11.5 Å². The monoisotopic (exact) mass is 332 g/mol. The summed E-state index contributed by atoms with van der Waals surface area (Å²) < 4.78 is 11.1. The predicted octanol–water partition coefficient (Wildman–Crippen LogP) is 3.99. The summed E-state index contributed by atoms with van der Waals surface area (Å²) in [5, 5.41) is 6.10. The van der Waals surface area contributed by atoms with Gasteiger partial charge in [-0.2, -0.15) is 0 Å². The molecule has 1 unspecified atom stereocenters. The van der Waals surface area contributed by atoms with Crippen molar-refractivity contribution in [2.24, 2.45) is 0 Å². The van der Waals surface area contributed by atoms with E-state index in [9.17, 15) is 4.79 Å². The molecule has 1 heterocycles. The minimum atomic E-state index is -0.319. The van der Waals surface area contributed by atoms with Crippen molar-refractivity contribution in [2.75, 3.05) is 18.5 Å². The number of amides is 2. The van der Waals surface area contributed by atoms with Crippen LogP contribution in [0.15, 0.2) is 42.5 Å². The fraction of sp³-hybridized carbons (Fsp3) is 0.235. The van der Waals surface area contributed by atoms with Gasteiger partial charge in [-0.3, -0.25) is 0 Å². The van der Waals surface area contributed by atoms with Gasteiger partial charge in [0.2, 0.25) is 0 Å². The van der Waals surface area contributed by atoms with Gasteiger partial charge in [-0.1, -0.05) is 29.8 Å². The molecule has 2 amide bonds. The molecule has 2 N–H and O–H groups in total. The van der Waals surface area contributed by atoms with Gasteiger partial charge in [0.1, 0.15) is 13.2 Å². The summed E-state index contributed by atoms with van der Waals surface area (Å²) in [6, 6.07) is 12.2. The van der Waals surface area contributed by atoms with Crippen LogP contribution in [0.4, 0.5) is 10.5 Å². The Morgan fingerprint density at radius 1 is 1.13 bits per heavy atom. The number of ether oxygens (including phenoxy) is 2. The minimum Gasteiger partial charge on any atom is -0.486 e. The fourth-order valence-electron chi connectivity index (χ4n) is 2.33. The molecule has 5 nitrogen and oxygen atoms in total. The van der Waals surface area contributed by atoms with Crippen molar-refractivity contribution in [3.8, 4) is 11.5 Å². The third kappa shape index (κ3) is 3.68. The first kappa shape index (κ1) is 15.5. The second kappa shape index (κ2) is 6.79. The fourth-order valence-corrected chi connectivity index (χ4v) is 2.51. The third-order valence-corrected chi connectivity index (χ3v) is 3.87. The van der Waals surface area contributed by atoms with E-state index < -0.39 is 0 Å². The van der Waals surface area contributed by atoms with Gasteiger partial charge in [-0.15, -0.1) is 0 Å². The molecule has 6 heteroatoms. The van der Waals surface area contributed by atoms with Crippen molar-refractivity contribution in [1.82, 2.24) is 5.32 Å². The van der Waals surface area contributed by atoms with Crippen LogP contribution in [-0.2, 0) is 0 Å². The van der Waals surface area contributed by atoms with Gasteiger partial charge >= 0.3 is 6.03 Å². The molecule has 1 aliphatic heterocycles. The zero-order valence-electron chi connectivity index (χ0n) is 12.6. The molecule has 3 rings (SSSR count). The molecule has 2 aromatic rings. The minimum absolute atomic E-state index is 0.187. The first-order valence-corrected chi connectivity index (χ1v) is 7.73. The van der Waals surface area contributed by atoms with Crippen molar-refractivity contribution in [3.05, 3.63) is 53.1 Å². The zero-order valence-corrected chi connectivity index (χ0v) is 13.4. The highest BCUT2D eigenvalue weighted by Gasteiger charge is 2.16. The van der Waals surface area contributed by atoms with Gasteiger partial charge in [0.05, 0.1) is 16.8 Å². The first-order chi connectivity index (χ1) is 11.1. The van der Waals surface area contributed by atoms with Gasteiger partial charge in [0.25, 0.3) is 0 Å². The highest BCUT2D eigenvalue weighted by Crippen LogP contribution is 2.32. The van der Waals surface area contributed by atoms with Gasteiger partial charge in [0, 0.05) is 0 Å². The summed E-state index contributed by atoms with van der Waals surface area (Å²) >= 11 is 6.03. The first-order valence-electron chi connectivity index (χ1n) is 7.35. The van der Waals surface area contributed by atoms with E-state index in [-0.39, 0.29) is 12.1 Å². The van der Waals surface area contributed by atoms with Crippen molar-refractivity contribution in [1.29, 1.82) is 0 Å². The Balaban J connectivity index is 1.65. The average molecular weight is 333 g/mol. The molecule has 0 saturated heterocycles. The number of nitrogens with one attached hydrogen (secondary N) is 2. The number of halogens is 1. The molecule has 0 spiro atoms. The van der Waals surface area contributed by atoms with Crippen LogP contribution in [-0.4, -0.2) is 19.2 Å². The number of para-hydroxylation sites is 1. The highest BCUT2D eigenvalue weighted by atomic mass is 35.5. The second-order valence-corrected chi connectivity index (χ2v) is 5.61. The highest BCUT2D eigenvalue weighted by molar-refractivity contribution is 6.33. The summed E-state index contributed by atoms with van der Waals surface area (Å²) in [5.74, 6) is 1.43. The number of benzene rings is 2. The second-order valence-electron chi connectivity index (χ2n) is 5.20. The number of hydrogen-bond donors (Lipinski definition) is 2. The lowest BCUT2D eigenvalue weighted by atomic mass is 10.1. The number of hydrogen-bond acceptors (Lipinski definition) is 3. The van der Waals surface area contributed by atoms with Crippen LogP contribution in [0.5, 0.6) is 11.5 Å². The summed E-state index contributed by atoms with van der Waals surface area (Å²) in [4.78, 5) is 12.1. The van der Waals surface area contributed by atoms with E-state index in [2.05, 4.69) is 10.6 Å². The molecule has 0 radical (unpaired) electrons. The van der Waals surface area contributed by atoms with Crippen LogP contribution in [0, 0.1) is 0 Å². The maximum atomic E-state index is 12.1. The molecule has 1 aliphatic rings. The van der Waals surface area contributed by atoms with Crippen molar-refractivity contribution in [2.45, 2.75) is 13.0 Å². The number of carbonyl (C=O) groups is 1. The molecular weight excluding hydrogens is 316 g/mol. The Morgan fingerprint density at radius 2 is 1.87 bits per heavy atom. The van der Waals surface area contributed by atoms with Gasteiger partial charge in [-0.25, -0.2) is 4.79 Å². The summed E-state index contributed by atoms with van der Waals surface area (Å²) in [6.07, 6.45) is 0. The van der Waals surface area contributed by atoms with E-state index in [0.29, 0.717) is 29.7 Å². The van der Waals surface area contributed by atoms with Crippen LogP contribution in [0.25, 0.3) is 0 Å². The number of anilines is 1. The van der Waals surface area contributed by atoms with Gasteiger partial charge in [-0.05, 0) is 36.8 Å². The molecule has 0 saturated carbocycles. The number of rotatable bonds is 3. The van der Waals surface area contributed by atoms with Crippen molar-refractivity contribution >= 4 is 23.3 Å². The van der Waals surface area contributed by atoms with E-state index >= 15 is 0 Å². The van der Waals surface area contributed by atoms with Crippen LogP contribution in [0.3, 0.4) is 0 Å². The van der Waals surface area contributed by atoms with E-state index in [1.807, 2.05) is 37.3 Å². The lowest BCUT2D eigenvalue weighted by Gasteiger charge is -2.21.